The maximum atomic E-state index is 12.0. The van der Waals surface area contributed by atoms with Crippen molar-refractivity contribution in [3.05, 3.63) is 34.9 Å². The predicted molar refractivity (Wildman–Crippen MR) is 73.9 cm³/mol. The van der Waals surface area contributed by atoms with Crippen LogP contribution in [0.25, 0.3) is 0 Å². The van der Waals surface area contributed by atoms with Crippen LogP contribution in [0.3, 0.4) is 0 Å². The molecule has 1 amide bonds. The molecule has 0 fully saturated rings. The van der Waals surface area contributed by atoms with Crippen molar-refractivity contribution in [1.29, 1.82) is 0 Å². The summed E-state index contributed by atoms with van der Waals surface area (Å²) in [6.07, 6.45) is 0.727. The van der Waals surface area contributed by atoms with Gasteiger partial charge in [0.25, 0.3) is 5.91 Å². The van der Waals surface area contributed by atoms with Crippen LogP contribution in [0, 0.1) is 6.92 Å². The molecule has 0 saturated heterocycles. The summed E-state index contributed by atoms with van der Waals surface area (Å²) in [6.45, 7) is 8.22. The molecule has 1 rings (SSSR count). The van der Waals surface area contributed by atoms with Gasteiger partial charge >= 0.3 is 0 Å². The smallest absolute Gasteiger partial charge is 0.251 e. The van der Waals surface area contributed by atoms with Crippen LogP contribution >= 0.6 is 0 Å². The van der Waals surface area contributed by atoms with Gasteiger partial charge < -0.3 is 10.4 Å². The number of carbonyl (C=O) groups is 1. The number of hydrogen-bond acceptors (Lipinski definition) is 2. The van der Waals surface area contributed by atoms with Crippen LogP contribution < -0.4 is 5.32 Å². The summed E-state index contributed by atoms with van der Waals surface area (Å²) in [5.74, 6) is 0.345. The lowest BCUT2D eigenvalue weighted by Crippen LogP contribution is -2.36. The van der Waals surface area contributed by atoms with Gasteiger partial charge in [0.1, 0.15) is 0 Å². The number of carbonyl (C=O) groups excluding carboxylic acids is 1. The molecule has 0 unspecified atom stereocenters. The van der Waals surface area contributed by atoms with Crippen LogP contribution in [0.15, 0.2) is 18.2 Å². The zero-order chi connectivity index (χ0) is 13.7. The minimum Gasteiger partial charge on any atom is -0.394 e. The molecule has 0 aliphatic carbocycles. The van der Waals surface area contributed by atoms with E-state index in [0.717, 1.165) is 12.0 Å². The normalized spacial score (nSPS) is 12.6. The van der Waals surface area contributed by atoms with E-state index in [1.807, 2.05) is 32.0 Å². The fraction of sp³-hybridized carbons (Fsp3) is 0.533. The Labute approximate surface area is 109 Å². The Morgan fingerprint density at radius 1 is 1.39 bits per heavy atom. The largest absolute Gasteiger partial charge is 0.394 e. The Kier molecular flexibility index (Phi) is 5.35. The second-order valence-corrected chi connectivity index (χ2v) is 4.99. The van der Waals surface area contributed by atoms with Gasteiger partial charge in [-0.25, -0.2) is 0 Å². The second kappa shape index (κ2) is 6.55. The summed E-state index contributed by atoms with van der Waals surface area (Å²) >= 11 is 0. The van der Waals surface area contributed by atoms with Crippen molar-refractivity contribution in [2.24, 2.45) is 0 Å². The van der Waals surface area contributed by atoms with Gasteiger partial charge in [-0.2, -0.15) is 0 Å². The number of benzene rings is 1. The molecule has 0 heterocycles. The predicted octanol–water partition coefficient (Wildman–Crippen LogP) is 2.62. The second-order valence-electron chi connectivity index (χ2n) is 4.99. The molecule has 2 N–H and O–H groups in total. The molecule has 100 valence electrons. The van der Waals surface area contributed by atoms with E-state index in [2.05, 4.69) is 19.2 Å². The first-order valence-electron chi connectivity index (χ1n) is 6.51. The fourth-order valence-electron chi connectivity index (χ4n) is 2.01. The number of hydrogen-bond donors (Lipinski definition) is 2. The summed E-state index contributed by atoms with van der Waals surface area (Å²) in [4.78, 5) is 12.0. The minimum absolute atomic E-state index is 0.0225. The molecular formula is C15H23NO2. The van der Waals surface area contributed by atoms with Gasteiger partial charge in [0.2, 0.25) is 0 Å². The van der Waals surface area contributed by atoms with E-state index in [1.165, 1.54) is 5.56 Å². The Morgan fingerprint density at radius 3 is 2.50 bits per heavy atom. The van der Waals surface area contributed by atoms with E-state index in [0.29, 0.717) is 11.5 Å². The molecule has 0 aliphatic rings. The molecule has 0 saturated carbocycles. The molecule has 1 aromatic rings. The third kappa shape index (κ3) is 3.57. The van der Waals surface area contributed by atoms with E-state index in [1.54, 1.807) is 0 Å². The molecule has 0 spiro atoms. The molecule has 3 nitrogen and oxygen atoms in total. The molecule has 18 heavy (non-hydrogen) atoms. The minimum atomic E-state index is -0.164. The average Bonchev–Trinajstić information content (AvgIpc) is 2.34. The molecular weight excluding hydrogens is 226 g/mol. The van der Waals surface area contributed by atoms with Gasteiger partial charge in [-0.05, 0) is 42.5 Å². The van der Waals surface area contributed by atoms with E-state index >= 15 is 0 Å². The Morgan fingerprint density at radius 2 is 2.06 bits per heavy atom. The maximum absolute atomic E-state index is 12.0. The van der Waals surface area contributed by atoms with Crippen LogP contribution in [-0.4, -0.2) is 23.7 Å². The molecule has 1 atom stereocenters. The van der Waals surface area contributed by atoms with Crippen molar-refractivity contribution in [3.63, 3.8) is 0 Å². The first kappa shape index (κ1) is 14.7. The summed E-state index contributed by atoms with van der Waals surface area (Å²) in [5, 5.41) is 11.9. The lowest BCUT2D eigenvalue weighted by Gasteiger charge is -2.15. The van der Waals surface area contributed by atoms with Gasteiger partial charge in [0.05, 0.1) is 12.6 Å². The SMILES string of the molecule is CC[C@H](CO)NC(=O)c1ccc(C(C)C)c(C)c1. The average molecular weight is 249 g/mol. The number of aryl methyl sites for hydroxylation is 1. The van der Waals surface area contributed by atoms with Crippen molar-refractivity contribution in [1.82, 2.24) is 5.32 Å². The summed E-state index contributed by atoms with van der Waals surface area (Å²) in [6, 6.07) is 5.60. The number of amides is 1. The van der Waals surface area contributed by atoms with E-state index < -0.39 is 0 Å². The zero-order valence-corrected chi connectivity index (χ0v) is 11.7. The molecule has 0 radical (unpaired) electrons. The van der Waals surface area contributed by atoms with Crippen LogP contribution in [0.5, 0.6) is 0 Å². The highest BCUT2D eigenvalue weighted by atomic mass is 16.3. The highest BCUT2D eigenvalue weighted by Gasteiger charge is 2.12. The van der Waals surface area contributed by atoms with E-state index in [-0.39, 0.29) is 18.6 Å². The van der Waals surface area contributed by atoms with Gasteiger partial charge in [0, 0.05) is 5.56 Å². The lowest BCUT2D eigenvalue weighted by atomic mass is 9.96. The Balaban J connectivity index is 2.84. The standard InChI is InChI=1S/C15H23NO2/c1-5-13(9-17)16-15(18)12-6-7-14(10(2)3)11(4)8-12/h6-8,10,13,17H,5,9H2,1-4H3,(H,16,18)/t13-/m1/s1. The number of nitrogens with one attached hydrogen (secondary N) is 1. The monoisotopic (exact) mass is 249 g/mol. The first-order chi connectivity index (χ1) is 8.49. The van der Waals surface area contributed by atoms with Crippen LogP contribution in [0.2, 0.25) is 0 Å². The van der Waals surface area contributed by atoms with E-state index in [4.69, 9.17) is 5.11 Å². The molecule has 1 aromatic carbocycles. The van der Waals surface area contributed by atoms with Gasteiger partial charge in [-0.3, -0.25) is 4.79 Å². The van der Waals surface area contributed by atoms with Crippen molar-refractivity contribution >= 4 is 5.91 Å². The van der Waals surface area contributed by atoms with Crippen LogP contribution in [-0.2, 0) is 0 Å². The number of rotatable bonds is 5. The molecule has 0 aromatic heterocycles. The third-order valence-electron chi connectivity index (χ3n) is 3.20. The van der Waals surface area contributed by atoms with Crippen molar-refractivity contribution in [3.8, 4) is 0 Å². The molecule has 0 aliphatic heterocycles. The quantitative estimate of drug-likeness (QED) is 0.842. The summed E-state index contributed by atoms with van der Waals surface area (Å²) < 4.78 is 0. The fourth-order valence-corrected chi connectivity index (χ4v) is 2.01. The van der Waals surface area contributed by atoms with Crippen LogP contribution in [0.4, 0.5) is 0 Å². The maximum Gasteiger partial charge on any atom is 0.251 e. The summed E-state index contributed by atoms with van der Waals surface area (Å²) in [7, 11) is 0. The van der Waals surface area contributed by atoms with Gasteiger partial charge in [-0.1, -0.05) is 26.8 Å². The topological polar surface area (TPSA) is 49.3 Å². The number of aliphatic hydroxyl groups is 1. The molecule has 3 heteroatoms. The third-order valence-corrected chi connectivity index (χ3v) is 3.20. The highest BCUT2D eigenvalue weighted by molar-refractivity contribution is 5.94. The van der Waals surface area contributed by atoms with Crippen molar-refractivity contribution in [2.45, 2.75) is 46.1 Å². The van der Waals surface area contributed by atoms with Gasteiger partial charge in [0.15, 0.2) is 0 Å². The number of aliphatic hydroxyl groups excluding tert-OH is 1. The first-order valence-corrected chi connectivity index (χ1v) is 6.51. The van der Waals surface area contributed by atoms with Crippen LogP contribution in [0.1, 0.15) is 54.6 Å². The lowest BCUT2D eigenvalue weighted by molar-refractivity contribution is 0.0915. The Hall–Kier alpha value is -1.35. The molecule has 0 bridgehead atoms. The Bertz CT molecular complexity index is 409. The van der Waals surface area contributed by atoms with Gasteiger partial charge in [-0.15, -0.1) is 0 Å². The van der Waals surface area contributed by atoms with E-state index in [9.17, 15) is 4.79 Å². The van der Waals surface area contributed by atoms with Crippen molar-refractivity contribution < 1.29 is 9.90 Å². The zero-order valence-electron chi connectivity index (χ0n) is 11.7. The van der Waals surface area contributed by atoms with Crippen molar-refractivity contribution in [2.75, 3.05) is 6.61 Å². The highest BCUT2D eigenvalue weighted by Crippen LogP contribution is 2.20. The summed E-state index contributed by atoms with van der Waals surface area (Å²) in [5.41, 5.74) is 3.05.